The second-order valence-corrected chi connectivity index (χ2v) is 4.13. The third-order valence-electron chi connectivity index (χ3n) is 2.54. The van der Waals surface area contributed by atoms with Gasteiger partial charge in [0.05, 0.1) is 6.54 Å². The summed E-state index contributed by atoms with van der Waals surface area (Å²) in [6, 6.07) is 4.24. The molecule has 0 saturated heterocycles. The summed E-state index contributed by atoms with van der Waals surface area (Å²) in [6.45, 7) is 2.05. The fraction of sp³-hybridized carbons (Fsp3) is 0.417. The van der Waals surface area contributed by atoms with Crippen LogP contribution in [-0.4, -0.2) is 41.7 Å². The zero-order valence-corrected chi connectivity index (χ0v) is 10.3. The fourth-order valence-corrected chi connectivity index (χ4v) is 1.41. The molecule has 0 spiro atoms. The minimum Gasteiger partial charge on any atom is -0.508 e. The lowest BCUT2D eigenvalue weighted by Crippen LogP contribution is -2.34. The van der Waals surface area contributed by atoms with E-state index < -0.39 is 0 Å². The number of carbonyl (C=O) groups is 1. The van der Waals surface area contributed by atoms with Gasteiger partial charge < -0.3 is 20.4 Å². The number of likely N-dealkylation sites (N-methyl/N-ethyl adjacent to an activating group) is 1. The zero-order valence-electron chi connectivity index (χ0n) is 10.3. The van der Waals surface area contributed by atoms with E-state index >= 15 is 0 Å². The first-order valence-electron chi connectivity index (χ1n) is 5.37. The normalized spacial score (nSPS) is 12.2. The van der Waals surface area contributed by atoms with Gasteiger partial charge in [-0.1, -0.05) is 6.07 Å². The highest BCUT2D eigenvalue weighted by Crippen LogP contribution is 2.27. The lowest BCUT2D eigenvalue weighted by Gasteiger charge is -2.17. The van der Waals surface area contributed by atoms with E-state index in [1.807, 2.05) is 6.92 Å². The molecule has 1 unspecified atom stereocenters. The SMILES string of the molecule is CC(NCC(=O)N(C)C)c1ccc(O)cc1O. The molecule has 1 atom stereocenters. The number of carbonyl (C=O) groups excluding carboxylic acids is 1. The van der Waals surface area contributed by atoms with Gasteiger partial charge in [0.15, 0.2) is 0 Å². The molecule has 0 heterocycles. The number of nitrogens with zero attached hydrogens (tertiary/aromatic N) is 1. The van der Waals surface area contributed by atoms with Crippen LogP contribution in [0.25, 0.3) is 0 Å². The van der Waals surface area contributed by atoms with Gasteiger partial charge in [0, 0.05) is 31.8 Å². The molecule has 0 aromatic heterocycles. The van der Waals surface area contributed by atoms with Crippen LogP contribution in [0.4, 0.5) is 0 Å². The second kappa shape index (κ2) is 5.54. The van der Waals surface area contributed by atoms with Crippen LogP contribution in [0.5, 0.6) is 11.5 Å². The molecule has 1 rings (SSSR count). The molecule has 1 amide bonds. The number of phenols is 2. The Bertz CT molecular complexity index is 405. The molecule has 0 bridgehead atoms. The second-order valence-electron chi connectivity index (χ2n) is 4.13. The summed E-state index contributed by atoms with van der Waals surface area (Å²) in [5.41, 5.74) is 0.648. The van der Waals surface area contributed by atoms with Crippen molar-refractivity contribution in [2.24, 2.45) is 0 Å². The molecule has 94 valence electrons. The number of amides is 1. The molecule has 5 nitrogen and oxygen atoms in total. The number of rotatable bonds is 4. The first-order chi connectivity index (χ1) is 7.91. The van der Waals surface area contributed by atoms with Crippen molar-refractivity contribution in [3.63, 3.8) is 0 Å². The van der Waals surface area contributed by atoms with Crippen molar-refractivity contribution in [2.45, 2.75) is 13.0 Å². The summed E-state index contributed by atoms with van der Waals surface area (Å²) in [7, 11) is 3.37. The predicted molar refractivity (Wildman–Crippen MR) is 64.9 cm³/mol. The van der Waals surface area contributed by atoms with Crippen molar-refractivity contribution in [1.29, 1.82) is 0 Å². The van der Waals surface area contributed by atoms with E-state index in [-0.39, 0.29) is 30.0 Å². The van der Waals surface area contributed by atoms with Crippen molar-refractivity contribution < 1.29 is 15.0 Å². The van der Waals surface area contributed by atoms with Crippen molar-refractivity contribution in [2.75, 3.05) is 20.6 Å². The molecule has 5 heteroatoms. The monoisotopic (exact) mass is 238 g/mol. The first-order valence-corrected chi connectivity index (χ1v) is 5.37. The average Bonchev–Trinajstić information content (AvgIpc) is 2.25. The summed E-state index contributed by atoms with van der Waals surface area (Å²) in [5.74, 6) is 0.000220. The summed E-state index contributed by atoms with van der Waals surface area (Å²) in [4.78, 5) is 12.9. The van der Waals surface area contributed by atoms with Gasteiger partial charge in [0.1, 0.15) is 11.5 Å². The Kier molecular flexibility index (Phi) is 4.34. The van der Waals surface area contributed by atoms with Gasteiger partial charge in [-0.3, -0.25) is 4.79 Å². The Morgan fingerprint density at radius 1 is 1.41 bits per heavy atom. The van der Waals surface area contributed by atoms with E-state index in [9.17, 15) is 9.90 Å². The highest BCUT2D eigenvalue weighted by molar-refractivity contribution is 5.77. The van der Waals surface area contributed by atoms with Gasteiger partial charge in [-0.25, -0.2) is 0 Å². The van der Waals surface area contributed by atoms with Crippen LogP contribution in [0.2, 0.25) is 0 Å². The molecule has 1 aromatic carbocycles. The largest absolute Gasteiger partial charge is 0.508 e. The fourth-order valence-electron chi connectivity index (χ4n) is 1.41. The third kappa shape index (κ3) is 3.64. The van der Waals surface area contributed by atoms with Gasteiger partial charge in [-0.2, -0.15) is 0 Å². The number of hydrogen-bond acceptors (Lipinski definition) is 4. The average molecular weight is 238 g/mol. The maximum absolute atomic E-state index is 11.4. The molecule has 0 aliphatic rings. The zero-order chi connectivity index (χ0) is 13.0. The summed E-state index contributed by atoms with van der Waals surface area (Å²) in [6.07, 6.45) is 0. The van der Waals surface area contributed by atoms with E-state index in [1.165, 1.54) is 17.0 Å². The predicted octanol–water partition coefficient (Wildman–Crippen LogP) is 0.837. The molecular weight excluding hydrogens is 220 g/mol. The molecule has 0 fully saturated rings. The van der Waals surface area contributed by atoms with Crippen LogP contribution < -0.4 is 5.32 Å². The van der Waals surface area contributed by atoms with E-state index in [0.717, 1.165) is 0 Å². The number of benzene rings is 1. The molecular formula is C12H18N2O3. The molecule has 3 N–H and O–H groups in total. The van der Waals surface area contributed by atoms with Gasteiger partial charge in [0.25, 0.3) is 0 Å². The Morgan fingerprint density at radius 2 is 2.06 bits per heavy atom. The van der Waals surface area contributed by atoms with Crippen molar-refractivity contribution in [3.05, 3.63) is 23.8 Å². The Labute approximate surface area is 101 Å². The van der Waals surface area contributed by atoms with E-state index in [1.54, 1.807) is 20.2 Å². The summed E-state index contributed by atoms with van der Waals surface area (Å²) >= 11 is 0. The minimum atomic E-state index is -0.167. The maximum Gasteiger partial charge on any atom is 0.236 e. The lowest BCUT2D eigenvalue weighted by molar-refractivity contribution is -0.127. The molecule has 0 aliphatic carbocycles. The van der Waals surface area contributed by atoms with Gasteiger partial charge in [-0.05, 0) is 13.0 Å². The van der Waals surface area contributed by atoms with Crippen LogP contribution in [0.3, 0.4) is 0 Å². The van der Waals surface area contributed by atoms with Crippen LogP contribution >= 0.6 is 0 Å². The topological polar surface area (TPSA) is 72.8 Å². The summed E-state index contributed by atoms with van der Waals surface area (Å²) < 4.78 is 0. The molecule has 0 radical (unpaired) electrons. The van der Waals surface area contributed by atoms with Crippen molar-refractivity contribution in [1.82, 2.24) is 10.2 Å². The highest BCUT2D eigenvalue weighted by atomic mass is 16.3. The number of aromatic hydroxyl groups is 2. The van der Waals surface area contributed by atoms with Crippen LogP contribution in [-0.2, 0) is 4.79 Å². The maximum atomic E-state index is 11.4. The Morgan fingerprint density at radius 3 is 2.59 bits per heavy atom. The van der Waals surface area contributed by atoms with E-state index in [4.69, 9.17) is 5.11 Å². The van der Waals surface area contributed by atoms with Gasteiger partial charge in [-0.15, -0.1) is 0 Å². The van der Waals surface area contributed by atoms with E-state index in [2.05, 4.69) is 5.32 Å². The van der Waals surface area contributed by atoms with Gasteiger partial charge in [0.2, 0.25) is 5.91 Å². The van der Waals surface area contributed by atoms with Crippen molar-refractivity contribution in [3.8, 4) is 11.5 Å². The van der Waals surface area contributed by atoms with Crippen LogP contribution in [0.15, 0.2) is 18.2 Å². The quantitative estimate of drug-likeness (QED) is 0.726. The smallest absolute Gasteiger partial charge is 0.236 e. The molecule has 0 aliphatic heterocycles. The Balaban J connectivity index is 2.64. The Hall–Kier alpha value is -1.75. The highest BCUT2D eigenvalue weighted by Gasteiger charge is 2.12. The van der Waals surface area contributed by atoms with Gasteiger partial charge >= 0.3 is 0 Å². The first kappa shape index (κ1) is 13.3. The number of phenolic OH excluding ortho intramolecular Hbond substituents is 2. The number of hydrogen-bond donors (Lipinski definition) is 3. The van der Waals surface area contributed by atoms with Crippen LogP contribution in [0.1, 0.15) is 18.5 Å². The summed E-state index contributed by atoms with van der Waals surface area (Å²) in [5, 5.41) is 21.8. The van der Waals surface area contributed by atoms with E-state index in [0.29, 0.717) is 5.56 Å². The molecule has 0 saturated carbocycles. The standard InChI is InChI=1S/C12H18N2O3/c1-8(13-7-12(17)14(2)3)10-5-4-9(15)6-11(10)16/h4-6,8,13,15-16H,7H2,1-3H3. The lowest BCUT2D eigenvalue weighted by atomic mass is 10.1. The third-order valence-corrected chi connectivity index (χ3v) is 2.54. The number of nitrogens with one attached hydrogen (secondary N) is 1. The van der Waals surface area contributed by atoms with Crippen LogP contribution in [0, 0.1) is 0 Å². The molecule has 1 aromatic rings. The minimum absolute atomic E-state index is 0.0160. The molecule has 17 heavy (non-hydrogen) atoms. The van der Waals surface area contributed by atoms with Crippen molar-refractivity contribution >= 4 is 5.91 Å².